The monoisotopic (exact) mass is 306 g/mol. The van der Waals surface area contributed by atoms with Crippen LogP contribution in [0.1, 0.15) is 26.3 Å². The highest BCUT2D eigenvalue weighted by Gasteiger charge is 2.13. The third-order valence-corrected chi connectivity index (χ3v) is 4.47. The van der Waals surface area contributed by atoms with Gasteiger partial charge in [0, 0.05) is 16.5 Å². The third-order valence-electron chi connectivity index (χ3n) is 2.77. The molecule has 20 heavy (non-hydrogen) atoms. The van der Waals surface area contributed by atoms with Gasteiger partial charge in [-0.2, -0.15) is 0 Å². The molecule has 2 aromatic rings. The zero-order chi connectivity index (χ0) is 14.6. The van der Waals surface area contributed by atoms with Crippen molar-refractivity contribution in [2.24, 2.45) is 0 Å². The number of nitrogens with zero attached hydrogens (tertiary/aromatic N) is 1. The largest absolute Gasteiger partial charge is 0.301 e. The molecule has 3 nitrogen and oxygen atoms in total. The van der Waals surface area contributed by atoms with Gasteiger partial charge in [-0.25, -0.2) is 4.98 Å². The number of thiazole rings is 1. The van der Waals surface area contributed by atoms with Crippen LogP contribution in [-0.4, -0.2) is 16.6 Å². The second-order valence-electron chi connectivity index (χ2n) is 5.45. The number of benzene rings is 1. The molecule has 0 spiro atoms. The summed E-state index contributed by atoms with van der Waals surface area (Å²) in [7, 11) is 0. The number of amides is 1. The summed E-state index contributed by atoms with van der Waals surface area (Å²) in [5.41, 5.74) is 1.46. The molecular weight excluding hydrogens is 288 g/mol. The summed E-state index contributed by atoms with van der Waals surface area (Å²) < 4.78 is 0. The molecule has 1 amide bonds. The highest BCUT2D eigenvalue weighted by molar-refractivity contribution is 8.00. The Kier molecular flexibility index (Phi) is 4.83. The fraction of sp³-hybridized carbons (Fsp3) is 0.333. The predicted octanol–water partition coefficient (Wildman–Crippen LogP) is 4.17. The highest BCUT2D eigenvalue weighted by atomic mass is 32.2. The maximum absolute atomic E-state index is 11.7. The molecule has 2 rings (SSSR count). The molecule has 0 radical (unpaired) electrons. The molecule has 0 aliphatic rings. The summed E-state index contributed by atoms with van der Waals surface area (Å²) in [6.45, 7) is 6.57. The van der Waals surface area contributed by atoms with E-state index in [9.17, 15) is 4.79 Å². The minimum atomic E-state index is -0.0233. The average molecular weight is 306 g/mol. The number of carbonyl (C=O) groups excluding carboxylic acids is 1. The van der Waals surface area contributed by atoms with Crippen LogP contribution >= 0.6 is 23.1 Å². The van der Waals surface area contributed by atoms with Gasteiger partial charge in [-0.1, -0.05) is 32.9 Å². The molecule has 0 aliphatic heterocycles. The quantitative estimate of drug-likeness (QED) is 0.862. The van der Waals surface area contributed by atoms with Gasteiger partial charge < -0.3 is 5.32 Å². The van der Waals surface area contributed by atoms with Crippen molar-refractivity contribution in [3.8, 4) is 0 Å². The maximum Gasteiger partial charge on any atom is 0.236 e. The van der Waals surface area contributed by atoms with Crippen molar-refractivity contribution in [2.75, 3.05) is 11.1 Å². The molecule has 106 valence electrons. The smallest absolute Gasteiger partial charge is 0.236 e. The van der Waals surface area contributed by atoms with Gasteiger partial charge in [-0.15, -0.1) is 23.1 Å². The molecule has 5 heteroatoms. The van der Waals surface area contributed by atoms with E-state index in [1.54, 1.807) is 6.20 Å². The summed E-state index contributed by atoms with van der Waals surface area (Å²) in [6.07, 6.45) is 1.68. The Hall–Kier alpha value is -1.33. The number of hydrogen-bond donors (Lipinski definition) is 1. The lowest BCUT2D eigenvalue weighted by Gasteiger charge is -2.19. The molecule has 1 N–H and O–H groups in total. The zero-order valence-electron chi connectivity index (χ0n) is 11.8. The van der Waals surface area contributed by atoms with E-state index in [-0.39, 0.29) is 11.3 Å². The van der Waals surface area contributed by atoms with Crippen LogP contribution in [0.2, 0.25) is 0 Å². The van der Waals surface area contributed by atoms with Crippen LogP contribution in [0.5, 0.6) is 0 Å². The normalized spacial score (nSPS) is 11.3. The molecule has 0 saturated heterocycles. The molecule has 0 saturated carbocycles. The van der Waals surface area contributed by atoms with E-state index in [1.807, 2.05) is 5.38 Å². The average Bonchev–Trinajstić information content (AvgIpc) is 2.88. The number of hydrogen-bond acceptors (Lipinski definition) is 4. The Morgan fingerprint density at radius 3 is 2.55 bits per heavy atom. The Labute approximate surface area is 127 Å². The van der Waals surface area contributed by atoms with E-state index in [0.717, 1.165) is 4.90 Å². The van der Waals surface area contributed by atoms with Crippen LogP contribution in [0, 0.1) is 0 Å². The maximum atomic E-state index is 11.7. The van der Waals surface area contributed by atoms with Crippen LogP contribution in [-0.2, 0) is 10.2 Å². The van der Waals surface area contributed by atoms with Crippen LogP contribution in [0.15, 0.2) is 40.7 Å². The van der Waals surface area contributed by atoms with E-state index in [1.165, 1.54) is 28.7 Å². The second kappa shape index (κ2) is 6.41. The van der Waals surface area contributed by atoms with Crippen molar-refractivity contribution in [3.05, 3.63) is 41.4 Å². The van der Waals surface area contributed by atoms with Crippen LogP contribution in [0.25, 0.3) is 0 Å². The lowest BCUT2D eigenvalue weighted by Crippen LogP contribution is -2.13. The number of carbonyl (C=O) groups is 1. The second-order valence-corrected chi connectivity index (χ2v) is 7.39. The van der Waals surface area contributed by atoms with Gasteiger partial charge in [-0.05, 0) is 23.1 Å². The Morgan fingerprint density at radius 2 is 2.00 bits per heavy atom. The van der Waals surface area contributed by atoms with Crippen molar-refractivity contribution in [3.63, 3.8) is 0 Å². The highest BCUT2D eigenvalue weighted by Crippen LogP contribution is 2.25. The first-order valence-corrected chi connectivity index (χ1v) is 8.24. The lowest BCUT2D eigenvalue weighted by molar-refractivity contribution is -0.113. The summed E-state index contributed by atoms with van der Waals surface area (Å²) >= 11 is 2.96. The molecule has 0 bridgehead atoms. The first-order valence-electron chi connectivity index (χ1n) is 6.38. The fourth-order valence-corrected chi connectivity index (χ4v) is 2.88. The van der Waals surface area contributed by atoms with Gasteiger partial charge in [0.25, 0.3) is 0 Å². The minimum Gasteiger partial charge on any atom is -0.301 e. The number of rotatable bonds is 4. The van der Waals surface area contributed by atoms with Crippen LogP contribution in [0.4, 0.5) is 5.13 Å². The van der Waals surface area contributed by atoms with Gasteiger partial charge in [0.15, 0.2) is 5.13 Å². The van der Waals surface area contributed by atoms with E-state index in [2.05, 4.69) is 55.3 Å². The fourth-order valence-electron chi connectivity index (χ4n) is 1.64. The Morgan fingerprint density at radius 1 is 1.30 bits per heavy atom. The van der Waals surface area contributed by atoms with E-state index in [4.69, 9.17) is 0 Å². The topological polar surface area (TPSA) is 42.0 Å². The van der Waals surface area contributed by atoms with E-state index in [0.29, 0.717) is 10.9 Å². The molecule has 0 fully saturated rings. The zero-order valence-corrected chi connectivity index (χ0v) is 13.5. The van der Waals surface area contributed by atoms with E-state index < -0.39 is 0 Å². The Bertz CT molecular complexity index is 557. The van der Waals surface area contributed by atoms with Gasteiger partial charge in [0.1, 0.15) is 0 Å². The van der Waals surface area contributed by atoms with Gasteiger partial charge in [0.05, 0.1) is 5.75 Å². The van der Waals surface area contributed by atoms with Crippen molar-refractivity contribution in [1.29, 1.82) is 0 Å². The standard InChI is InChI=1S/C15H18N2OS2/c1-15(2,3)11-4-6-12(7-5-11)20-10-13(18)17-14-16-8-9-19-14/h4-9H,10H2,1-3H3,(H,16,17,18). The summed E-state index contributed by atoms with van der Waals surface area (Å²) in [5.74, 6) is 0.374. The lowest BCUT2D eigenvalue weighted by atomic mass is 9.87. The first kappa shape index (κ1) is 15.1. The van der Waals surface area contributed by atoms with Crippen molar-refractivity contribution < 1.29 is 4.79 Å². The summed E-state index contributed by atoms with van der Waals surface area (Å²) in [6, 6.07) is 8.39. The summed E-state index contributed by atoms with van der Waals surface area (Å²) in [5, 5.41) is 5.27. The van der Waals surface area contributed by atoms with Crippen LogP contribution < -0.4 is 5.32 Å². The van der Waals surface area contributed by atoms with Gasteiger partial charge in [-0.3, -0.25) is 4.79 Å². The van der Waals surface area contributed by atoms with E-state index >= 15 is 0 Å². The predicted molar refractivity (Wildman–Crippen MR) is 86.6 cm³/mol. The number of thioether (sulfide) groups is 1. The third kappa shape index (κ3) is 4.35. The van der Waals surface area contributed by atoms with Crippen molar-refractivity contribution in [2.45, 2.75) is 31.1 Å². The molecule has 0 atom stereocenters. The SMILES string of the molecule is CC(C)(C)c1ccc(SCC(=O)Nc2nccs2)cc1. The van der Waals surface area contributed by atoms with Crippen molar-refractivity contribution >= 4 is 34.1 Å². The molecule has 1 aromatic carbocycles. The van der Waals surface area contributed by atoms with Gasteiger partial charge >= 0.3 is 0 Å². The Balaban J connectivity index is 1.86. The van der Waals surface area contributed by atoms with Crippen molar-refractivity contribution in [1.82, 2.24) is 4.98 Å². The molecule has 0 aliphatic carbocycles. The molecule has 1 heterocycles. The van der Waals surface area contributed by atoms with Crippen LogP contribution in [0.3, 0.4) is 0 Å². The first-order chi connectivity index (χ1) is 9.45. The number of anilines is 1. The molecule has 1 aromatic heterocycles. The molecular formula is C15H18N2OS2. The summed E-state index contributed by atoms with van der Waals surface area (Å²) in [4.78, 5) is 16.9. The number of aromatic nitrogens is 1. The number of nitrogens with one attached hydrogen (secondary N) is 1. The minimum absolute atomic E-state index is 0.0233. The van der Waals surface area contributed by atoms with Gasteiger partial charge in [0.2, 0.25) is 5.91 Å². The molecule has 0 unspecified atom stereocenters.